The quantitative estimate of drug-likeness (QED) is 0.667. The first-order chi connectivity index (χ1) is 8.22. The summed E-state index contributed by atoms with van der Waals surface area (Å²) in [6.45, 7) is 7.03. The van der Waals surface area contributed by atoms with Crippen LogP contribution >= 0.6 is 0 Å². The second kappa shape index (κ2) is 7.67. The molecule has 0 bridgehead atoms. The Bertz CT molecular complexity index is 233. The number of hydrogen-bond acceptors (Lipinski definition) is 3. The predicted octanol–water partition coefficient (Wildman–Crippen LogP) is 0.995. The normalized spacial score (nSPS) is 22.2. The maximum absolute atomic E-state index is 12.1. The Balaban J connectivity index is 2.38. The number of hydrogen-bond donors (Lipinski definition) is 2. The van der Waals surface area contributed by atoms with E-state index in [0.29, 0.717) is 5.92 Å². The maximum Gasteiger partial charge on any atom is 0.239 e. The maximum atomic E-state index is 12.1. The van der Waals surface area contributed by atoms with Crippen molar-refractivity contribution in [1.82, 2.24) is 10.2 Å². The van der Waals surface area contributed by atoms with E-state index in [4.69, 9.17) is 5.11 Å². The largest absolute Gasteiger partial charge is 0.396 e. The van der Waals surface area contributed by atoms with Crippen molar-refractivity contribution in [3.8, 4) is 0 Å². The molecule has 0 aliphatic carbocycles. The van der Waals surface area contributed by atoms with E-state index in [9.17, 15) is 4.79 Å². The van der Waals surface area contributed by atoms with E-state index in [1.165, 1.54) is 0 Å². The Morgan fingerprint density at radius 3 is 2.88 bits per heavy atom. The van der Waals surface area contributed by atoms with E-state index in [1.807, 2.05) is 4.90 Å². The van der Waals surface area contributed by atoms with Crippen LogP contribution in [0, 0.1) is 5.92 Å². The summed E-state index contributed by atoms with van der Waals surface area (Å²) in [5.74, 6) is 0.684. The van der Waals surface area contributed by atoms with Gasteiger partial charge in [-0.1, -0.05) is 20.3 Å². The molecule has 0 aromatic heterocycles. The van der Waals surface area contributed by atoms with Gasteiger partial charge >= 0.3 is 0 Å². The van der Waals surface area contributed by atoms with Gasteiger partial charge in [0.15, 0.2) is 0 Å². The first kappa shape index (κ1) is 14.5. The molecule has 2 N–H and O–H groups in total. The second-order valence-electron chi connectivity index (χ2n) is 4.87. The highest BCUT2D eigenvalue weighted by molar-refractivity contribution is 5.83. The van der Waals surface area contributed by atoms with Crippen LogP contribution in [0.3, 0.4) is 0 Å². The molecule has 0 aromatic carbocycles. The molecule has 0 radical (unpaired) electrons. The average Bonchev–Trinajstić information content (AvgIpc) is 2.67. The second-order valence-corrected chi connectivity index (χ2v) is 4.87. The lowest BCUT2D eigenvalue weighted by atomic mass is 10.0. The molecule has 0 aromatic rings. The Kier molecular flexibility index (Phi) is 6.52. The molecule has 1 aliphatic heterocycles. The third-order valence-electron chi connectivity index (χ3n) is 3.53. The molecule has 100 valence electrons. The summed E-state index contributed by atoms with van der Waals surface area (Å²) in [5, 5.41) is 12.3. The summed E-state index contributed by atoms with van der Waals surface area (Å²) in [6, 6.07) is 0.0292. The molecule has 1 amide bonds. The number of aliphatic hydroxyl groups excluding tert-OH is 1. The minimum absolute atomic E-state index is 0.0292. The van der Waals surface area contributed by atoms with Gasteiger partial charge < -0.3 is 15.3 Å². The lowest BCUT2D eigenvalue weighted by Crippen LogP contribution is -2.40. The van der Waals surface area contributed by atoms with E-state index in [0.717, 1.165) is 45.3 Å². The fraction of sp³-hybridized carbons (Fsp3) is 0.923. The summed E-state index contributed by atoms with van der Waals surface area (Å²) in [5.41, 5.74) is 0. The SMILES string of the molecule is CCCNC1CCN(CC(CC)CCO)C1=O. The van der Waals surface area contributed by atoms with Crippen molar-refractivity contribution in [3.63, 3.8) is 0 Å². The van der Waals surface area contributed by atoms with Crippen molar-refractivity contribution >= 4 is 5.91 Å². The van der Waals surface area contributed by atoms with Crippen LogP contribution in [-0.4, -0.2) is 48.2 Å². The third kappa shape index (κ3) is 4.28. The topological polar surface area (TPSA) is 52.6 Å². The minimum atomic E-state index is 0.0292. The van der Waals surface area contributed by atoms with Crippen molar-refractivity contribution in [2.24, 2.45) is 5.92 Å². The van der Waals surface area contributed by atoms with Gasteiger partial charge in [0.25, 0.3) is 0 Å². The molecule has 1 saturated heterocycles. The smallest absolute Gasteiger partial charge is 0.239 e. The van der Waals surface area contributed by atoms with Crippen LogP contribution in [0.2, 0.25) is 0 Å². The summed E-state index contributed by atoms with van der Waals surface area (Å²) < 4.78 is 0. The Labute approximate surface area is 104 Å². The van der Waals surface area contributed by atoms with Crippen molar-refractivity contribution in [3.05, 3.63) is 0 Å². The van der Waals surface area contributed by atoms with Crippen molar-refractivity contribution in [2.75, 3.05) is 26.2 Å². The third-order valence-corrected chi connectivity index (χ3v) is 3.53. The number of nitrogens with zero attached hydrogens (tertiary/aromatic N) is 1. The standard InChI is InChI=1S/C13H26N2O2/c1-3-7-14-12-5-8-15(13(12)17)10-11(4-2)6-9-16/h11-12,14,16H,3-10H2,1-2H3. The van der Waals surface area contributed by atoms with Crippen LogP contribution in [0.1, 0.15) is 39.5 Å². The first-order valence-corrected chi connectivity index (χ1v) is 6.85. The number of aliphatic hydroxyl groups is 1. The van der Waals surface area contributed by atoms with Gasteiger partial charge in [0.1, 0.15) is 0 Å². The average molecular weight is 242 g/mol. The molecule has 1 aliphatic rings. The van der Waals surface area contributed by atoms with Crippen LogP contribution in [0.15, 0.2) is 0 Å². The number of nitrogens with one attached hydrogen (secondary N) is 1. The summed E-state index contributed by atoms with van der Waals surface area (Å²) in [6.07, 6.45) is 3.81. The summed E-state index contributed by atoms with van der Waals surface area (Å²) >= 11 is 0. The van der Waals surface area contributed by atoms with E-state index < -0.39 is 0 Å². The molecule has 0 spiro atoms. The lowest BCUT2D eigenvalue weighted by Gasteiger charge is -2.22. The van der Waals surface area contributed by atoms with Gasteiger partial charge in [-0.15, -0.1) is 0 Å². The van der Waals surface area contributed by atoms with Crippen LogP contribution in [0.4, 0.5) is 0 Å². The Morgan fingerprint density at radius 1 is 1.53 bits per heavy atom. The van der Waals surface area contributed by atoms with Gasteiger partial charge in [-0.3, -0.25) is 4.79 Å². The molecule has 4 nitrogen and oxygen atoms in total. The molecular weight excluding hydrogens is 216 g/mol. The lowest BCUT2D eigenvalue weighted by molar-refractivity contribution is -0.130. The molecule has 2 atom stereocenters. The highest BCUT2D eigenvalue weighted by atomic mass is 16.3. The Hall–Kier alpha value is -0.610. The minimum Gasteiger partial charge on any atom is -0.396 e. The zero-order chi connectivity index (χ0) is 12.7. The van der Waals surface area contributed by atoms with Gasteiger partial charge in [-0.05, 0) is 31.7 Å². The van der Waals surface area contributed by atoms with Crippen molar-refractivity contribution < 1.29 is 9.90 Å². The fourth-order valence-corrected chi connectivity index (χ4v) is 2.35. The van der Waals surface area contributed by atoms with E-state index in [2.05, 4.69) is 19.2 Å². The molecule has 1 fully saturated rings. The monoisotopic (exact) mass is 242 g/mol. The van der Waals surface area contributed by atoms with Gasteiger partial charge in [-0.25, -0.2) is 0 Å². The zero-order valence-electron chi connectivity index (χ0n) is 11.1. The molecule has 2 unspecified atom stereocenters. The van der Waals surface area contributed by atoms with Gasteiger partial charge in [0.2, 0.25) is 5.91 Å². The number of likely N-dealkylation sites (tertiary alicyclic amines) is 1. The number of amides is 1. The number of rotatable bonds is 8. The first-order valence-electron chi connectivity index (χ1n) is 6.85. The number of carbonyl (C=O) groups is 1. The highest BCUT2D eigenvalue weighted by Crippen LogP contribution is 2.16. The van der Waals surface area contributed by atoms with E-state index in [-0.39, 0.29) is 18.6 Å². The molecule has 17 heavy (non-hydrogen) atoms. The van der Waals surface area contributed by atoms with Crippen LogP contribution in [0.25, 0.3) is 0 Å². The van der Waals surface area contributed by atoms with Crippen molar-refractivity contribution in [2.45, 2.75) is 45.6 Å². The summed E-state index contributed by atoms with van der Waals surface area (Å²) in [4.78, 5) is 14.0. The van der Waals surface area contributed by atoms with E-state index >= 15 is 0 Å². The van der Waals surface area contributed by atoms with E-state index in [1.54, 1.807) is 0 Å². The number of carbonyl (C=O) groups excluding carboxylic acids is 1. The predicted molar refractivity (Wildman–Crippen MR) is 68.8 cm³/mol. The molecule has 0 saturated carbocycles. The Morgan fingerprint density at radius 2 is 2.29 bits per heavy atom. The van der Waals surface area contributed by atoms with Gasteiger partial charge in [-0.2, -0.15) is 0 Å². The molecular formula is C13H26N2O2. The highest BCUT2D eigenvalue weighted by Gasteiger charge is 2.31. The molecule has 4 heteroatoms. The molecule has 1 rings (SSSR count). The molecule has 1 heterocycles. The van der Waals surface area contributed by atoms with Crippen LogP contribution in [0.5, 0.6) is 0 Å². The van der Waals surface area contributed by atoms with Crippen molar-refractivity contribution in [1.29, 1.82) is 0 Å². The van der Waals surface area contributed by atoms with Gasteiger partial charge in [0, 0.05) is 19.7 Å². The fourth-order valence-electron chi connectivity index (χ4n) is 2.35. The summed E-state index contributed by atoms with van der Waals surface area (Å²) in [7, 11) is 0. The zero-order valence-corrected chi connectivity index (χ0v) is 11.1. The van der Waals surface area contributed by atoms with Gasteiger partial charge in [0.05, 0.1) is 6.04 Å². The van der Waals surface area contributed by atoms with Crippen LogP contribution < -0.4 is 5.32 Å². The van der Waals surface area contributed by atoms with Crippen LogP contribution in [-0.2, 0) is 4.79 Å².